The highest BCUT2D eigenvalue weighted by atomic mass is 32.2. The van der Waals surface area contributed by atoms with Gasteiger partial charge in [-0.25, -0.2) is 8.42 Å². The first-order valence-corrected chi connectivity index (χ1v) is 8.81. The molecule has 0 amide bonds. The van der Waals surface area contributed by atoms with Crippen molar-refractivity contribution >= 4 is 10.0 Å². The van der Waals surface area contributed by atoms with Gasteiger partial charge in [0.2, 0.25) is 10.0 Å². The van der Waals surface area contributed by atoms with Crippen LogP contribution < -0.4 is 5.32 Å². The van der Waals surface area contributed by atoms with Crippen LogP contribution in [-0.2, 0) is 27.8 Å². The smallest absolute Gasteiger partial charge is 0.244 e. The van der Waals surface area contributed by atoms with Gasteiger partial charge in [0.1, 0.15) is 4.90 Å². The van der Waals surface area contributed by atoms with Crippen molar-refractivity contribution in [1.82, 2.24) is 14.2 Å². The molecule has 2 atom stereocenters. The van der Waals surface area contributed by atoms with Crippen molar-refractivity contribution in [2.24, 2.45) is 0 Å². The van der Waals surface area contributed by atoms with Crippen LogP contribution in [0, 0.1) is 0 Å². The molecule has 0 saturated carbocycles. The Bertz CT molecular complexity index is 572. The van der Waals surface area contributed by atoms with Crippen molar-refractivity contribution < 1.29 is 13.2 Å². The van der Waals surface area contributed by atoms with Crippen LogP contribution in [0.4, 0.5) is 0 Å². The number of rotatable bonds is 5. The molecular formula is C14H25N3O3S. The largest absolute Gasteiger partial charge is 0.373 e. The van der Waals surface area contributed by atoms with E-state index in [1.54, 1.807) is 12.3 Å². The zero-order valence-electron chi connectivity index (χ0n) is 13.2. The molecule has 1 aromatic rings. The Balaban J connectivity index is 2.30. The standard InChI is InChI=1S/C14H25N3O3S/c1-5-16-10-14(6-13(16)7-15-4)21(18,19)17-8-11(2)20-12(3)9-17/h6,10-12,15H,5,7-9H2,1-4H3/t11-,12+. The molecule has 21 heavy (non-hydrogen) atoms. The fourth-order valence-electron chi connectivity index (χ4n) is 2.77. The minimum absolute atomic E-state index is 0.0754. The first-order chi connectivity index (χ1) is 9.88. The Morgan fingerprint density at radius 2 is 1.95 bits per heavy atom. The molecule has 1 fully saturated rings. The van der Waals surface area contributed by atoms with E-state index < -0.39 is 10.0 Å². The van der Waals surface area contributed by atoms with E-state index >= 15 is 0 Å². The fraction of sp³-hybridized carbons (Fsp3) is 0.714. The maximum atomic E-state index is 12.8. The molecule has 7 heteroatoms. The SMILES string of the molecule is CCn1cc(S(=O)(=O)N2C[C@@H](C)O[C@@H](C)C2)cc1CNC. The number of sulfonamides is 1. The van der Waals surface area contributed by atoms with E-state index in [0.29, 0.717) is 24.5 Å². The molecule has 0 unspecified atom stereocenters. The van der Waals surface area contributed by atoms with E-state index in [4.69, 9.17) is 4.74 Å². The van der Waals surface area contributed by atoms with Crippen LogP contribution in [0.2, 0.25) is 0 Å². The van der Waals surface area contributed by atoms with E-state index in [0.717, 1.165) is 12.2 Å². The topological polar surface area (TPSA) is 63.6 Å². The highest BCUT2D eigenvalue weighted by Crippen LogP contribution is 2.23. The number of nitrogens with zero attached hydrogens (tertiary/aromatic N) is 2. The lowest BCUT2D eigenvalue weighted by Gasteiger charge is -2.34. The van der Waals surface area contributed by atoms with Gasteiger partial charge in [-0.1, -0.05) is 0 Å². The summed E-state index contributed by atoms with van der Waals surface area (Å²) in [6.07, 6.45) is 1.58. The van der Waals surface area contributed by atoms with E-state index in [1.807, 2.05) is 32.4 Å². The number of ether oxygens (including phenoxy) is 1. The second-order valence-corrected chi connectivity index (χ2v) is 7.50. The van der Waals surface area contributed by atoms with Crippen molar-refractivity contribution in [3.63, 3.8) is 0 Å². The number of aromatic nitrogens is 1. The van der Waals surface area contributed by atoms with E-state index in [1.165, 1.54) is 4.31 Å². The first kappa shape index (κ1) is 16.5. The fourth-order valence-corrected chi connectivity index (χ4v) is 4.42. The molecule has 0 spiro atoms. The molecule has 1 aliphatic rings. The summed E-state index contributed by atoms with van der Waals surface area (Å²) in [5.41, 5.74) is 0.980. The molecule has 1 saturated heterocycles. The van der Waals surface area contributed by atoms with Gasteiger partial charge in [0.25, 0.3) is 0 Å². The maximum absolute atomic E-state index is 12.8. The van der Waals surface area contributed by atoms with Crippen LogP contribution in [0.5, 0.6) is 0 Å². The monoisotopic (exact) mass is 315 g/mol. The van der Waals surface area contributed by atoms with Gasteiger partial charge < -0.3 is 14.6 Å². The lowest BCUT2D eigenvalue weighted by molar-refractivity contribution is -0.0440. The molecular weight excluding hydrogens is 290 g/mol. The third kappa shape index (κ3) is 3.48. The third-order valence-electron chi connectivity index (χ3n) is 3.68. The van der Waals surface area contributed by atoms with Crippen molar-refractivity contribution in [3.8, 4) is 0 Å². The Hall–Kier alpha value is -0.890. The predicted molar refractivity (Wildman–Crippen MR) is 81.6 cm³/mol. The Kier molecular flexibility index (Phi) is 5.08. The minimum Gasteiger partial charge on any atom is -0.373 e. The molecule has 6 nitrogen and oxygen atoms in total. The number of morpholine rings is 1. The first-order valence-electron chi connectivity index (χ1n) is 7.37. The predicted octanol–water partition coefficient (Wildman–Crippen LogP) is 1.03. The average Bonchev–Trinajstić information content (AvgIpc) is 2.82. The second kappa shape index (κ2) is 6.48. The quantitative estimate of drug-likeness (QED) is 0.881. The van der Waals surface area contributed by atoms with Gasteiger partial charge in [0.15, 0.2) is 0 Å². The summed E-state index contributed by atoms with van der Waals surface area (Å²) >= 11 is 0. The van der Waals surface area contributed by atoms with Crippen LogP contribution in [0.15, 0.2) is 17.2 Å². The summed E-state index contributed by atoms with van der Waals surface area (Å²) in [4.78, 5) is 0.371. The molecule has 1 N–H and O–H groups in total. The number of hydrogen-bond acceptors (Lipinski definition) is 4. The van der Waals surface area contributed by atoms with Gasteiger partial charge in [-0.05, 0) is 33.9 Å². The zero-order chi connectivity index (χ0) is 15.6. The van der Waals surface area contributed by atoms with Gasteiger partial charge >= 0.3 is 0 Å². The molecule has 0 bridgehead atoms. The molecule has 2 rings (SSSR count). The van der Waals surface area contributed by atoms with Crippen LogP contribution in [0.1, 0.15) is 26.5 Å². The van der Waals surface area contributed by atoms with Crippen LogP contribution in [0.3, 0.4) is 0 Å². The van der Waals surface area contributed by atoms with Crippen molar-refractivity contribution in [2.45, 2.75) is 51.0 Å². The molecule has 120 valence electrons. The molecule has 0 aromatic carbocycles. The van der Waals surface area contributed by atoms with Crippen LogP contribution >= 0.6 is 0 Å². The highest BCUT2D eigenvalue weighted by molar-refractivity contribution is 7.89. The van der Waals surface area contributed by atoms with Gasteiger partial charge in [-0.15, -0.1) is 0 Å². The van der Waals surface area contributed by atoms with Gasteiger partial charge in [0, 0.05) is 38.1 Å². The van der Waals surface area contributed by atoms with E-state index in [9.17, 15) is 8.42 Å². The number of hydrogen-bond donors (Lipinski definition) is 1. The van der Waals surface area contributed by atoms with E-state index in [2.05, 4.69) is 5.32 Å². The van der Waals surface area contributed by atoms with Crippen molar-refractivity contribution in [1.29, 1.82) is 0 Å². The Labute approximate surface area is 127 Å². The summed E-state index contributed by atoms with van der Waals surface area (Å²) < 4.78 is 34.7. The maximum Gasteiger partial charge on any atom is 0.244 e. The van der Waals surface area contributed by atoms with Crippen LogP contribution in [0.25, 0.3) is 0 Å². The average molecular weight is 315 g/mol. The molecule has 1 aromatic heterocycles. The zero-order valence-corrected chi connectivity index (χ0v) is 14.0. The summed E-state index contributed by atoms with van der Waals surface area (Å²) in [7, 11) is -1.60. The highest BCUT2D eigenvalue weighted by Gasteiger charge is 2.33. The lowest BCUT2D eigenvalue weighted by Crippen LogP contribution is -2.48. The van der Waals surface area contributed by atoms with E-state index in [-0.39, 0.29) is 12.2 Å². The number of nitrogens with one attached hydrogen (secondary N) is 1. The lowest BCUT2D eigenvalue weighted by atomic mass is 10.3. The Morgan fingerprint density at radius 1 is 1.33 bits per heavy atom. The number of aryl methyl sites for hydroxylation is 1. The third-order valence-corrected chi connectivity index (χ3v) is 5.48. The second-order valence-electron chi connectivity index (χ2n) is 5.56. The Morgan fingerprint density at radius 3 is 2.48 bits per heavy atom. The molecule has 2 heterocycles. The summed E-state index contributed by atoms with van der Waals surface area (Å²) in [5.74, 6) is 0. The van der Waals surface area contributed by atoms with Gasteiger partial charge in [-0.3, -0.25) is 0 Å². The summed E-state index contributed by atoms with van der Waals surface area (Å²) in [5, 5.41) is 3.07. The molecule has 0 aliphatic carbocycles. The van der Waals surface area contributed by atoms with Crippen LogP contribution in [-0.4, -0.2) is 49.6 Å². The minimum atomic E-state index is -3.45. The normalized spacial score (nSPS) is 24.4. The molecule has 1 aliphatic heterocycles. The van der Waals surface area contributed by atoms with Gasteiger partial charge in [-0.2, -0.15) is 4.31 Å². The van der Waals surface area contributed by atoms with Gasteiger partial charge in [0.05, 0.1) is 12.2 Å². The summed E-state index contributed by atoms with van der Waals surface area (Å²) in [6.45, 7) is 8.04. The molecule has 0 radical (unpaired) electrons. The van der Waals surface area contributed by atoms with Crippen molar-refractivity contribution in [3.05, 3.63) is 18.0 Å². The summed E-state index contributed by atoms with van der Waals surface area (Å²) in [6, 6.07) is 1.76. The van der Waals surface area contributed by atoms with Crippen molar-refractivity contribution in [2.75, 3.05) is 20.1 Å².